The fraction of sp³-hybridized carbons (Fsp3) is 0.462. The Balaban J connectivity index is 2.77. The van der Waals surface area contributed by atoms with Crippen molar-refractivity contribution in [2.24, 2.45) is 0 Å². The van der Waals surface area contributed by atoms with E-state index in [1.807, 2.05) is 0 Å². The molecule has 0 aliphatic rings. The third kappa shape index (κ3) is 4.55. The average molecular weight is 274 g/mol. The zero-order chi connectivity index (χ0) is 14.5. The first-order valence-electron chi connectivity index (χ1n) is 5.97. The smallest absolute Gasteiger partial charge is 0.326 e. The van der Waals surface area contributed by atoms with Crippen molar-refractivity contribution in [3.8, 4) is 0 Å². The van der Waals surface area contributed by atoms with Gasteiger partial charge in [0.1, 0.15) is 0 Å². The van der Waals surface area contributed by atoms with Gasteiger partial charge in [0.2, 0.25) is 5.91 Å². The van der Waals surface area contributed by atoms with E-state index in [0.29, 0.717) is 13.0 Å². The molecule has 0 unspecified atom stereocenters. The summed E-state index contributed by atoms with van der Waals surface area (Å²) in [6, 6.07) is 3.77. The molecule has 0 spiro atoms. The van der Waals surface area contributed by atoms with Crippen LogP contribution in [0.2, 0.25) is 0 Å². The van der Waals surface area contributed by atoms with E-state index in [0.717, 1.165) is 6.07 Å². The number of nitrogens with one attached hydrogen (secondary N) is 2. The first kappa shape index (κ1) is 15.5. The highest BCUT2D eigenvalue weighted by Gasteiger charge is 2.32. The van der Waals surface area contributed by atoms with Crippen molar-refractivity contribution in [3.05, 3.63) is 29.3 Å². The molecule has 0 aliphatic heterocycles. The molecule has 1 amide bonds. The van der Waals surface area contributed by atoms with Crippen LogP contribution in [0, 0.1) is 6.92 Å². The van der Waals surface area contributed by atoms with Gasteiger partial charge in [-0.05, 0) is 44.6 Å². The molecular formula is C13H17F3N2O. The van der Waals surface area contributed by atoms with Crippen molar-refractivity contribution in [3.63, 3.8) is 0 Å². The fourth-order valence-electron chi connectivity index (χ4n) is 1.72. The SMILES string of the molecule is CNCCCC(=O)Nc1cccc(C(F)(F)F)c1C. The maximum atomic E-state index is 12.7. The average Bonchev–Trinajstić information content (AvgIpc) is 2.30. The molecule has 0 saturated carbocycles. The number of alkyl halides is 3. The minimum absolute atomic E-state index is 0.0389. The summed E-state index contributed by atoms with van der Waals surface area (Å²) in [6.45, 7) is 2.04. The number of benzene rings is 1. The van der Waals surface area contributed by atoms with E-state index in [4.69, 9.17) is 0 Å². The van der Waals surface area contributed by atoms with E-state index in [9.17, 15) is 18.0 Å². The summed E-state index contributed by atoms with van der Waals surface area (Å²) in [6.07, 6.45) is -3.49. The van der Waals surface area contributed by atoms with E-state index in [1.54, 1.807) is 7.05 Å². The van der Waals surface area contributed by atoms with E-state index >= 15 is 0 Å². The van der Waals surface area contributed by atoms with Crippen molar-refractivity contribution in [2.45, 2.75) is 25.9 Å². The molecule has 0 saturated heterocycles. The van der Waals surface area contributed by atoms with Gasteiger partial charge in [-0.1, -0.05) is 6.07 Å². The number of hydrogen-bond donors (Lipinski definition) is 2. The van der Waals surface area contributed by atoms with Gasteiger partial charge in [0.05, 0.1) is 5.56 Å². The van der Waals surface area contributed by atoms with Gasteiger partial charge in [-0.15, -0.1) is 0 Å². The minimum atomic E-state index is -4.41. The van der Waals surface area contributed by atoms with Crippen LogP contribution in [0.3, 0.4) is 0 Å². The number of amides is 1. The normalized spacial score (nSPS) is 11.4. The third-order valence-corrected chi connectivity index (χ3v) is 2.74. The van der Waals surface area contributed by atoms with Gasteiger partial charge in [0.15, 0.2) is 0 Å². The molecule has 0 atom stereocenters. The van der Waals surface area contributed by atoms with E-state index in [-0.39, 0.29) is 23.6 Å². The Morgan fingerprint density at radius 2 is 2.00 bits per heavy atom. The van der Waals surface area contributed by atoms with E-state index in [1.165, 1.54) is 19.1 Å². The molecule has 1 aromatic rings. The Morgan fingerprint density at radius 3 is 2.58 bits per heavy atom. The summed E-state index contributed by atoms with van der Waals surface area (Å²) in [5.41, 5.74) is -0.471. The first-order valence-corrected chi connectivity index (χ1v) is 5.97. The van der Waals surface area contributed by atoms with Crippen LogP contribution in [0.5, 0.6) is 0 Å². The van der Waals surface area contributed by atoms with E-state index < -0.39 is 11.7 Å². The van der Waals surface area contributed by atoms with Crippen LogP contribution < -0.4 is 10.6 Å². The van der Waals surface area contributed by atoms with Crippen molar-refractivity contribution < 1.29 is 18.0 Å². The number of anilines is 1. The molecule has 1 aromatic carbocycles. The highest BCUT2D eigenvalue weighted by molar-refractivity contribution is 5.91. The highest BCUT2D eigenvalue weighted by Crippen LogP contribution is 2.34. The largest absolute Gasteiger partial charge is 0.416 e. The Hall–Kier alpha value is -1.56. The quantitative estimate of drug-likeness (QED) is 0.810. The number of carbonyl (C=O) groups is 1. The predicted molar refractivity (Wildman–Crippen MR) is 68.0 cm³/mol. The van der Waals surface area contributed by atoms with Gasteiger partial charge < -0.3 is 10.6 Å². The van der Waals surface area contributed by atoms with Crippen LogP contribution in [0.1, 0.15) is 24.0 Å². The van der Waals surface area contributed by atoms with Gasteiger partial charge in [0, 0.05) is 12.1 Å². The number of rotatable bonds is 5. The van der Waals surface area contributed by atoms with Crippen molar-refractivity contribution in [2.75, 3.05) is 18.9 Å². The highest BCUT2D eigenvalue weighted by atomic mass is 19.4. The fourth-order valence-corrected chi connectivity index (χ4v) is 1.72. The molecule has 106 valence electrons. The van der Waals surface area contributed by atoms with Crippen molar-refractivity contribution in [1.29, 1.82) is 0 Å². The van der Waals surface area contributed by atoms with Crippen LogP contribution in [0.25, 0.3) is 0 Å². The van der Waals surface area contributed by atoms with Crippen molar-refractivity contribution >= 4 is 11.6 Å². The number of halogens is 3. The maximum Gasteiger partial charge on any atom is 0.416 e. The zero-order valence-electron chi connectivity index (χ0n) is 10.9. The molecule has 0 aliphatic carbocycles. The minimum Gasteiger partial charge on any atom is -0.326 e. The van der Waals surface area contributed by atoms with Gasteiger partial charge in [-0.2, -0.15) is 13.2 Å². The molecule has 1 rings (SSSR count). The predicted octanol–water partition coefficient (Wildman–Crippen LogP) is 2.95. The van der Waals surface area contributed by atoms with Gasteiger partial charge in [0.25, 0.3) is 0 Å². The van der Waals surface area contributed by atoms with Crippen LogP contribution in [0.4, 0.5) is 18.9 Å². The molecule has 6 heteroatoms. The molecule has 0 heterocycles. The summed E-state index contributed by atoms with van der Waals surface area (Å²) in [7, 11) is 1.77. The lowest BCUT2D eigenvalue weighted by Crippen LogP contribution is -2.17. The molecular weight excluding hydrogens is 257 g/mol. The van der Waals surface area contributed by atoms with Gasteiger partial charge in [-0.3, -0.25) is 4.79 Å². The lowest BCUT2D eigenvalue weighted by molar-refractivity contribution is -0.138. The molecule has 2 N–H and O–H groups in total. The molecule has 19 heavy (non-hydrogen) atoms. The zero-order valence-corrected chi connectivity index (χ0v) is 10.9. The molecule has 0 bridgehead atoms. The second-order valence-electron chi connectivity index (χ2n) is 4.23. The molecule has 0 fully saturated rings. The van der Waals surface area contributed by atoms with Crippen LogP contribution >= 0.6 is 0 Å². The number of carbonyl (C=O) groups excluding carboxylic acids is 1. The molecule has 0 radical (unpaired) electrons. The maximum absolute atomic E-state index is 12.7. The first-order chi connectivity index (χ1) is 8.86. The van der Waals surface area contributed by atoms with E-state index in [2.05, 4.69) is 10.6 Å². The van der Waals surface area contributed by atoms with Gasteiger partial charge in [-0.25, -0.2) is 0 Å². The lowest BCUT2D eigenvalue weighted by Gasteiger charge is -2.14. The van der Waals surface area contributed by atoms with Crippen LogP contribution in [-0.4, -0.2) is 19.5 Å². The third-order valence-electron chi connectivity index (χ3n) is 2.74. The monoisotopic (exact) mass is 274 g/mol. The second kappa shape index (κ2) is 6.56. The Labute approximate surface area is 110 Å². The summed E-state index contributed by atoms with van der Waals surface area (Å²) in [4.78, 5) is 11.6. The van der Waals surface area contributed by atoms with Crippen molar-refractivity contribution in [1.82, 2.24) is 5.32 Å². The van der Waals surface area contributed by atoms with Crippen LogP contribution in [-0.2, 0) is 11.0 Å². The second-order valence-corrected chi connectivity index (χ2v) is 4.23. The summed E-state index contributed by atoms with van der Waals surface area (Å²) < 4.78 is 38.1. The Bertz CT molecular complexity index is 444. The lowest BCUT2D eigenvalue weighted by atomic mass is 10.1. The molecule has 3 nitrogen and oxygen atoms in total. The molecule has 0 aromatic heterocycles. The Kier molecular flexibility index (Phi) is 5.35. The van der Waals surface area contributed by atoms with Crippen LogP contribution in [0.15, 0.2) is 18.2 Å². The summed E-state index contributed by atoms with van der Waals surface area (Å²) >= 11 is 0. The summed E-state index contributed by atoms with van der Waals surface area (Å²) in [5.74, 6) is -0.280. The van der Waals surface area contributed by atoms with Gasteiger partial charge >= 0.3 is 6.18 Å². The standard InChI is InChI=1S/C13H17F3N2O/c1-9-10(13(14,15)16)5-3-6-11(9)18-12(19)7-4-8-17-2/h3,5-6,17H,4,7-8H2,1-2H3,(H,18,19). The number of hydrogen-bond acceptors (Lipinski definition) is 2. The topological polar surface area (TPSA) is 41.1 Å². The summed E-state index contributed by atoms with van der Waals surface area (Å²) in [5, 5.41) is 5.41. The Morgan fingerprint density at radius 1 is 1.32 bits per heavy atom.